The molecule has 134 valence electrons. The molecule has 1 N–H and O–H groups in total. The van der Waals surface area contributed by atoms with Crippen LogP contribution in [0.4, 0.5) is 11.4 Å². The van der Waals surface area contributed by atoms with Gasteiger partial charge in [-0.25, -0.2) is 0 Å². The van der Waals surface area contributed by atoms with Gasteiger partial charge in [-0.05, 0) is 48.6 Å². The number of nitrogens with one attached hydrogen (secondary N) is 1. The fourth-order valence-electron chi connectivity index (χ4n) is 4.05. The van der Waals surface area contributed by atoms with Crippen molar-refractivity contribution in [3.8, 4) is 5.75 Å². The van der Waals surface area contributed by atoms with Crippen LogP contribution >= 0.6 is 15.9 Å². The predicted molar refractivity (Wildman–Crippen MR) is 105 cm³/mol. The highest BCUT2D eigenvalue weighted by atomic mass is 79.9. The van der Waals surface area contributed by atoms with E-state index in [4.69, 9.17) is 4.74 Å². The summed E-state index contributed by atoms with van der Waals surface area (Å²) in [6.45, 7) is 2.36. The third kappa shape index (κ3) is 2.88. The first-order chi connectivity index (χ1) is 12.6. The average molecular weight is 415 g/mol. The van der Waals surface area contributed by atoms with Crippen molar-refractivity contribution in [1.29, 1.82) is 0 Å². The van der Waals surface area contributed by atoms with Gasteiger partial charge in [0, 0.05) is 10.4 Å². The lowest BCUT2D eigenvalue weighted by molar-refractivity contribution is -0.384. The number of halogens is 1. The topological polar surface area (TPSA) is 64.4 Å². The number of hydrogen-bond donors (Lipinski definition) is 1. The van der Waals surface area contributed by atoms with Crippen LogP contribution in [0.3, 0.4) is 0 Å². The van der Waals surface area contributed by atoms with Crippen molar-refractivity contribution in [1.82, 2.24) is 0 Å². The Labute approximate surface area is 160 Å². The summed E-state index contributed by atoms with van der Waals surface area (Å²) in [6.07, 6.45) is 5.30. The molecule has 0 saturated heterocycles. The number of benzene rings is 2. The molecular formula is C20H19BrN2O3. The fourth-order valence-corrected chi connectivity index (χ4v) is 4.31. The summed E-state index contributed by atoms with van der Waals surface area (Å²) in [4.78, 5) is 11.4. The summed E-state index contributed by atoms with van der Waals surface area (Å²) < 4.78 is 6.59. The van der Waals surface area contributed by atoms with Gasteiger partial charge in [-0.1, -0.05) is 40.2 Å². The van der Waals surface area contributed by atoms with Gasteiger partial charge >= 0.3 is 0 Å². The van der Waals surface area contributed by atoms with Crippen LogP contribution < -0.4 is 10.1 Å². The summed E-state index contributed by atoms with van der Waals surface area (Å²) in [7, 11) is 0. The minimum atomic E-state index is -0.327. The van der Waals surface area contributed by atoms with Gasteiger partial charge < -0.3 is 10.1 Å². The second-order valence-electron chi connectivity index (χ2n) is 6.62. The summed E-state index contributed by atoms with van der Waals surface area (Å²) in [5.74, 6) is 1.04. The van der Waals surface area contributed by atoms with Gasteiger partial charge in [-0.15, -0.1) is 0 Å². The first-order valence-corrected chi connectivity index (χ1v) is 9.51. The number of ether oxygens (including phenoxy) is 1. The number of allylic oxidation sites excluding steroid dienone is 2. The number of rotatable bonds is 4. The molecule has 3 atom stereocenters. The van der Waals surface area contributed by atoms with Crippen molar-refractivity contribution in [3.63, 3.8) is 0 Å². The van der Waals surface area contributed by atoms with Crippen LogP contribution in [0.1, 0.15) is 36.4 Å². The van der Waals surface area contributed by atoms with Crippen LogP contribution in [0.25, 0.3) is 0 Å². The number of fused-ring (bicyclic) bond motifs is 3. The highest BCUT2D eigenvalue weighted by Crippen LogP contribution is 2.53. The standard InChI is InChI=1S/C20H19BrN2O3/c1-2-26-14-10-17-15-4-3-5-16(15)19(12-6-8-13(21)9-7-12)22-20(17)18(11-14)23(24)25/h3-4,6-11,15-16,19,22H,2,5H2,1H3/t15-,16+,19+/m0/s1. The van der Waals surface area contributed by atoms with E-state index in [1.54, 1.807) is 0 Å². The molecule has 0 saturated carbocycles. The summed E-state index contributed by atoms with van der Waals surface area (Å²) in [5, 5.41) is 15.2. The van der Waals surface area contributed by atoms with Crippen LogP contribution in [0, 0.1) is 16.0 Å². The summed E-state index contributed by atoms with van der Waals surface area (Å²) in [6, 6.07) is 11.7. The van der Waals surface area contributed by atoms with E-state index < -0.39 is 0 Å². The maximum Gasteiger partial charge on any atom is 0.296 e. The van der Waals surface area contributed by atoms with E-state index in [0.717, 1.165) is 22.0 Å². The Kier molecular flexibility index (Phi) is 4.44. The first-order valence-electron chi connectivity index (χ1n) is 8.72. The predicted octanol–water partition coefficient (Wildman–Crippen LogP) is 5.58. The second-order valence-corrected chi connectivity index (χ2v) is 7.54. The lowest BCUT2D eigenvalue weighted by Crippen LogP contribution is -2.29. The maximum atomic E-state index is 11.7. The van der Waals surface area contributed by atoms with Crippen LogP contribution in [0.15, 0.2) is 53.0 Å². The Morgan fingerprint density at radius 3 is 2.77 bits per heavy atom. The molecule has 1 aliphatic carbocycles. The third-order valence-electron chi connectivity index (χ3n) is 5.16. The monoisotopic (exact) mass is 414 g/mol. The van der Waals surface area contributed by atoms with Crippen LogP contribution in [-0.2, 0) is 0 Å². The van der Waals surface area contributed by atoms with Crippen molar-refractivity contribution >= 4 is 27.3 Å². The largest absolute Gasteiger partial charge is 0.494 e. The molecule has 0 aromatic heterocycles. The van der Waals surface area contributed by atoms with Crippen molar-refractivity contribution in [2.24, 2.45) is 5.92 Å². The van der Waals surface area contributed by atoms with E-state index in [0.29, 0.717) is 24.0 Å². The number of anilines is 1. The van der Waals surface area contributed by atoms with Gasteiger partial charge in [-0.2, -0.15) is 0 Å². The molecule has 2 aromatic rings. The van der Waals surface area contributed by atoms with E-state index in [-0.39, 0.29) is 22.6 Å². The first kappa shape index (κ1) is 17.1. The van der Waals surface area contributed by atoms with Crippen molar-refractivity contribution < 1.29 is 9.66 Å². The summed E-state index contributed by atoms with van der Waals surface area (Å²) >= 11 is 3.47. The van der Waals surface area contributed by atoms with Gasteiger partial charge in [0.2, 0.25) is 0 Å². The van der Waals surface area contributed by atoms with Crippen LogP contribution in [0.2, 0.25) is 0 Å². The molecule has 5 nitrogen and oxygen atoms in total. The molecule has 0 amide bonds. The Hall–Kier alpha value is -2.34. The number of hydrogen-bond acceptors (Lipinski definition) is 4. The highest BCUT2D eigenvalue weighted by molar-refractivity contribution is 9.10. The Bertz CT molecular complexity index is 879. The molecule has 2 aromatic carbocycles. The van der Waals surface area contributed by atoms with Gasteiger partial charge in [0.25, 0.3) is 5.69 Å². The molecule has 0 spiro atoms. The lowest BCUT2D eigenvalue weighted by Gasteiger charge is -2.37. The molecule has 6 heteroatoms. The highest BCUT2D eigenvalue weighted by Gasteiger charge is 2.41. The SMILES string of the molecule is CCOc1cc2c(c([N+](=O)[O-])c1)N[C@H](c1ccc(Br)cc1)[C@@H]1CC=C[C@H]21. The maximum absolute atomic E-state index is 11.7. The number of nitro benzene ring substituents is 1. The van der Waals surface area contributed by atoms with E-state index in [1.807, 2.05) is 25.1 Å². The zero-order valence-electron chi connectivity index (χ0n) is 14.3. The zero-order valence-corrected chi connectivity index (χ0v) is 15.9. The van der Waals surface area contributed by atoms with E-state index >= 15 is 0 Å². The van der Waals surface area contributed by atoms with E-state index in [2.05, 4.69) is 45.5 Å². The van der Waals surface area contributed by atoms with Crippen molar-refractivity contribution in [3.05, 3.63) is 74.3 Å². The normalized spacial score (nSPS) is 23.1. The minimum absolute atomic E-state index is 0.0345. The third-order valence-corrected chi connectivity index (χ3v) is 5.69. The Morgan fingerprint density at radius 1 is 1.31 bits per heavy atom. The van der Waals surface area contributed by atoms with Gasteiger partial charge in [0.1, 0.15) is 11.4 Å². The molecular weight excluding hydrogens is 396 g/mol. The molecule has 0 bridgehead atoms. The molecule has 2 aliphatic rings. The van der Waals surface area contributed by atoms with Crippen LogP contribution in [-0.4, -0.2) is 11.5 Å². The summed E-state index contributed by atoms with van der Waals surface area (Å²) in [5.41, 5.74) is 2.78. The molecule has 1 aliphatic heterocycles. The van der Waals surface area contributed by atoms with E-state index in [9.17, 15) is 10.1 Å². The molecule has 0 fully saturated rings. The molecule has 4 rings (SSSR count). The number of nitrogens with zero attached hydrogens (tertiary/aromatic N) is 1. The molecule has 26 heavy (non-hydrogen) atoms. The van der Waals surface area contributed by atoms with Gasteiger partial charge in [-0.3, -0.25) is 10.1 Å². The average Bonchev–Trinajstić information content (AvgIpc) is 3.11. The molecule has 0 radical (unpaired) electrons. The smallest absolute Gasteiger partial charge is 0.296 e. The Morgan fingerprint density at radius 2 is 2.08 bits per heavy atom. The van der Waals surface area contributed by atoms with Gasteiger partial charge in [0.05, 0.1) is 23.6 Å². The molecule has 0 unspecified atom stereocenters. The van der Waals surface area contributed by atoms with Crippen LogP contribution in [0.5, 0.6) is 5.75 Å². The number of nitro groups is 1. The van der Waals surface area contributed by atoms with E-state index in [1.165, 1.54) is 6.07 Å². The zero-order chi connectivity index (χ0) is 18.3. The van der Waals surface area contributed by atoms with Gasteiger partial charge in [0.15, 0.2) is 0 Å². The molecule has 1 heterocycles. The second kappa shape index (κ2) is 6.76. The van der Waals surface area contributed by atoms with Crippen molar-refractivity contribution in [2.45, 2.75) is 25.3 Å². The van der Waals surface area contributed by atoms with Crippen molar-refractivity contribution in [2.75, 3.05) is 11.9 Å². The Balaban J connectivity index is 1.83. The fraction of sp³-hybridized carbons (Fsp3) is 0.300. The lowest BCUT2D eigenvalue weighted by atomic mass is 9.76. The minimum Gasteiger partial charge on any atom is -0.494 e. The quantitative estimate of drug-likeness (QED) is 0.402.